The molecule has 0 atom stereocenters. The normalized spacial score (nSPS) is 11.2. The number of methoxy groups -OCH3 is 1. The summed E-state index contributed by atoms with van der Waals surface area (Å²) in [4.78, 5) is 11.8. The Labute approximate surface area is 96.6 Å². The SMILES string of the molecule is COc1ccc2c3cn[nH]c(=O)c3n(C)c2c1. The van der Waals surface area contributed by atoms with Gasteiger partial charge in [-0.1, -0.05) is 0 Å². The largest absolute Gasteiger partial charge is 0.497 e. The van der Waals surface area contributed by atoms with Gasteiger partial charge in [-0.2, -0.15) is 5.10 Å². The first kappa shape index (κ1) is 9.89. The van der Waals surface area contributed by atoms with Crippen molar-refractivity contribution < 1.29 is 4.74 Å². The third-order valence-corrected chi connectivity index (χ3v) is 3.02. The Kier molecular flexibility index (Phi) is 1.95. The molecule has 0 unspecified atom stereocenters. The van der Waals surface area contributed by atoms with E-state index in [9.17, 15) is 4.79 Å². The molecule has 2 aromatic heterocycles. The first-order valence-electron chi connectivity index (χ1n) is 5.22. The van der Waals surface area contributed by atoms with E-state index in [2.05, 4.69) is 10.2 Å². The lowest BCUT2D eigenvalue weighted by Crippen LogP contribution is -2.10. The number of aromatic amines is 1. The van der Waals surface area contributed by atoms with Crippen molar-refractivity contribution in [2.24, 2.45) is 7.05 Å². The zero-order valence-electron chi connectivity index (χ0n) is 9.52. The predicted molar refractivity (Wildman–Crippen MR) is 65.4 cm³/mol. The van der Waals surface area contributed by atoms with E-state index in [1.54, 1.807) is 13.3 Å². The molecule has 0 saturated heterocycles. The average molecular weight is 229 g/mol. The van der Waals surface area contributed by atoms with Crippen LogP contribution in [0.25, 0.3) is 21.8 Å². The third kappa shape index (κ3) is 1.25. The maximum atomic E-state index is 11.8. The van der Waals surface area contributed by atoms with E-state index in [1.165, 1.54) is 0 Å². The van der Waals surface area contributed by atoms with Gasteiger partial charge in [0.25, 0.3) is 5.56 Å². The number of nitrogens with zero attached hydrogens (tertiary/aromatic N) is 2. The summed E-state index contributed by atoms with van der Waals surface area (Å²) in [7, 11) is 3.48. The van der Waals surface area contributed by atoms with Crippen LogP contribution in [0, 0.1) is 0 Å². The van der Waals surface area contributed by atoms with Crippen LogP contribution < -0.4 is 10.3 Å². The molecule has 0 saturated carbocycles. The van der Waals surface area contributed by atoms with Crippen LogP contribution >= 0.6 is 0 Å². The van der Waals surface area contributed by atoms with E-state index in [4.69, 9.17) is 4.74 Å². The number of ether oxygens (including phenoxy) is 1. The fourth-order valence-electron chi connectivity index (χ4n) is 2.19. The first-order valence-corrected chi connectivity index (χ1v) is 5.22. The minimum Gasteiger partial charge on any atom is -0.497 e. The summed E-state index contributed by atoms with van der Waals surface area (Å²) in [5.74, 6) is 0.771. The summed E-state index contributed by atoms with van der Waals surface area (Å²) in [5, 5.41) is 8.14. The molecule has 17 heavy (non-hydrogen) atoms. The van der Waals surface area contributed by atoms with E-state index in [1.807, 2.05) is 29.8 Å². The van der Waals surface area contributed by atoms with Crippen molar-refractivity contribution in [2.75, 3.05) is 7.11 Å². The molecular formula is C12H11N3O2. The minimum atomic E-state index is -0.180. The molecule has 0 amide bonds. The van der Waals surface area contributed by atoms with Gasteiger partial charge in [0, 0.05) is 23.9 Å². The lowest BCUT2D eigenvalue weighted by molar-refractivity contribution is 0.415. The van der Waals surface area contributed by atoms with Crippen molar-refractivity contribution >= 4 is 21.8 Å². The van der Waals surface area contributed by atoms with Crippen molar-refractivity contribution in [3.63, 3.8) is 0 Å². The number of H-pyrrole nitrogens is 1. The molecule has 0 bridgehead atoms. The fraction of sp³-hybridized carbons (Fsp3) is 0.167. The fourth-order valence-corrected chi connectivity index (χ4v) is 2.19. The van der Waals surface area contributed by atoms with Gasteiger partial charge < -0.3 is 9.30 Å². The molecule has 2 heterocycles. The van der Waals surface area contributed by atoms with E-state index in [0.717, 1.165) is 22.0 Å². The zero-order valence-corrected chi connectivity index (χ0v) is 9.52. The van der Waals surface area contributed by atoms with Crippen LogP contribution in [0.3, 0.4) is 0 Å². The molecule has 86 valence electrons. The quantitative estimate of drug-likeness (QED) is 0.686. The van der Waals surface area contributed by atoms with Gasteiger partial charge >= 0.3 is 0 Å². The van der Waals surface area contributed by atoms with Gasteiger partial charge in [0.15, 0.2) is 0 Å². The lowest BCUT2D eigenvalue weighted by atomic mass is 10.2. The van der Waals surface area contributed by atoms with Gasteiger partial charge in [-0.3, -0.25) is 4.79 Å². The topological polar surface area (TPSA) is 59.9 Å². The van der Waals surface area contributed by atoms with E-state index in [-0.39, 0.29) is 5.56 Å². The molecule has 0 aliphatic rings. The first-order chi connectivity index (χ1) is 8.22. The van der Waals surface area contributed by atoms with Crippen LogP contribution in [0.4, 0.5) is 0 Å². The van der Waals surface area contributed by atoms with Gasteiger partial charge in [-0.15, -0.1) is 0 Å². The Morgan fingerprint density at radius 3 is 2.94 bits per heavy atom. The second-order valence-corrected chi connectivity index (χ2v) is 3.90. The van der Waals surface area contributed by atoms with Gasteiger partial charge in [-0.05, 0) is 12.1 Å². The summed E-state index contributed by atoms with van der Waals surface area (Å²) >= 11 is 0. The van der Waals surface area contributed by atoms with Crippen molar-refractivity contribution in [2.45, 2.75) is 0 Å². The van der Waals surface area contributed by atoms with E-state index in [0.29, 0.717) is 5.52 Å². The molecule has 5 nitrogen and oxygen atoms in total. The Hall–Kier alpha value is -2.30. The number of nitrogens with one attached hydrogen (secondary N) is 1. The molecule has 0 radical (unpaired) electrons. The highest BCUT2D eigenvalue weighted by atomic mass is 16.5. The van der Waals surface area contributed by atoms with Gasteiger partial charge in [0.1, 0.15) is 11.3 Å². The Morgan fingerprint density at radius 1 is 1.35 bits per heavy atom. The number of benzene rings is 1. The summed E-state index contributed by atoms with van der Waals surface area (Å²) in [5.41, 5.74) is 1.40. The second kappa shape index (κ2) is 3.35. The minimum absolute atomic E-state index is 0.180. The van der Waals surface area contributed by atoms with Crippen LogP contribution in [-0.4, -0.2) is 21.9 Å². The summed E-state index contributed by atoms with van der Waals surface area (Å²) in [6.45, 7) is 0. The smallest absolute Gasteiger partial charge is 0.288 e. The molecule has 0 fully saturated rings. The van der Waals surface area contributed by atoms with Crippen LogP contribution in [0.1, 0.15) is 0 Å². The Balaban J connectivity index is 2.58. The van der Waals surface area contributed by atoms with E-state index < -0.39 is 0 Å². The van der Waals surface area contributed by atoms with Crippen LogP contribution in [0.5, 0.6) is 5.75 Å². The molecule has 3 aromatic rings. The molecule has 1 N–H and O–H groups in total. The number of aryl methyl sites for hydroxylation is 1. The van der Waals surface area contributed by atoms with Crippen molar-refractivity contribution in [1.29, 1.82) is 0 Å². The molecule has 1 aromatic carbocycles. The number of hydrogen-bond donors (Lipinski definition) is 1. The number of rotatable bonds is 1. The Morgan fingerprint density at radius 2 is 2.18 bits per heavy atom. The third-order valence-electron chi connectivity index (χ3n) is 3.02. The average Bonchev–Trinajstić information content (AvgIpc) is 2.64. The highest BCUT2D eigenvalue weighted by Gasteiger charge is 2.11. The number of hydrogen-bond acceptors (Lipinski definition) is 3. The molecule has 5 heteroatoms. The van der Waals surface area contributed by atoms with Gasteiger partial charge in [-0.25, -0.2) is 5.10 Å². The predicted octanol–water partition coefficient (Wildman–Crippen LogP) is 1.42. The molecule has 0 aliphatic carbocycles. The zero-order chi connectivity index (χ0) is 12.0. The monoisotopic (exact) mass is 229 g/mol. The second-order valence-electron chi connectivity index (χ2n) is 3.90. The number of aromatic nitrogens is 3. The Bertz CT molecular complexity index is 770. The highest BCUT2D eigenvalue weighted by molar-refractivity contribution is 6.07. The van der Waals surface area contributed by atoms with Crippen molar-refractivity contribution in [3.05, 3.63) is 34.7 Å². The van der Waals surface area contributed by atoms with Crippen LogP contribution in [0.2, 0.25) is 0 Å². The van der Waals surface area contributed by atoms with Crippen LogP contribution in [-0.2, 0) is 7.05 Å². The summed E-state index contributed by atoms with van der Waals surface area (Å²) < 4.78 is 7.04. The van der Waals surface area contributed by atoms with Crippen LogP contribution in [0.15, 0.2) is 29.2 Å². The van der Waals surface area contributed by atoms with E-state index >= 15 is 0 Å². The number of fused-ring (bicyclic) bond motifs is 3. The molecule has 0 aliphatic heterocycles. The molecule has 3 rings (SSSR count). The summed E-state index contributed by atoms with van der Waals surface area (Å²) in [6, 6.07) is 5.73. The van der Waals surface area contributed by atoms with Crippen molar-refractivity contribution in [1.82, 2.24) is 14.8 Å². The van der Waals surface area contributed by atoms with Gasteiger partial charge in [0.05, 0.1) is 18.8 Å². The lowest BCUT2D eigenvalue weighted by Gasteiger charge is -2.00. The molecular weight excluding hydrogens is 218 g/mol. The maximum Gasteiger partial charge on any atom is 0.288 e. The maximum absolute atomic E-state index is 11.8. The van der Waals surface area contributed by atoms with Crippen molar-refractivity contribution in [3.8, 4) is 5.75 Å². The standard InChI is InChI=1S/C12H11N3O2/c1-15-10-5-7(17-2)3-4-8(10)9-6-13-14-12(16)11(9)15/h3-6H,1-2H3,(H,14,16). The van der Waals surface area contributed by atoms with Gasteiger partial charge in [0.2, 0.25) is 0 Å². The summed E-state index contributed by atoms with van der Waals surface area (Å²) in [6.07, 6.45) is 1.67. The molecule has 0 spiro atoms. The highest BCUT2D eigenvalue weighted by Crippen LogP contribution is 2.28.